The number of nitrogens with zero attached hydrogens (tertiary/aromatic N) is 3. The number of amides is 2. The van der Waals surface area contributed by atoms with Gasteiger partial charge in [-0.1, -0.05) is 29.4 Å². The second-order valence-corrected chi connectivity index (χ2v) is 8.93. The summed E-state index contributed by atoms with van der Waals surface area (Å²) in [7, 11) is 1.81. The van der Waals surface area contributed by atoms with E-state index in [9.17, 15) is 9.59 Å². The summed E-state index contributed by atoms with van der Waals surface area (Å²) < 4.78 is 1.78. The third-order valence-corrected chi connectivity index (χ3v) is 6.39. The van der Waals surface area contributed by atoms with Gasteiger partial charge >= 0.3 is 0 Å². The van der Waals surface area contributed by atoms with Crippen molar-refractivity contribution in [2.45, 2.75) is 23.0 Å². The number of nitrogens with one attached hydrogen (secondary N) is 2. The number of carbonyl (C=O) groups is 2. The maximum Gasteiger partial charge on any atom is 0.251 e. The first-order valence-corrected chi connectivity index (χ1v) is 12.0. The van der Waals surface area contributed by atoms with Gasteiger partial charge in [0, 0.05) is 28.2 Å². The highest BCUT2D eigenvalue weighted by atomic mass is 35.5. The van der Waals surface area contributed by atoms with Crippen LogP contribution in [0.2, 0.25) is 5.02 Å². The molecule has 0 fully saturated rings. The molecule has 2 N–H and O–H groups in total. The molecule has 0 spiro atoms. The molecule has 0 bridgehead atoms. The minimum atomic E-state index is -0.363. The molecule has 1 atom stereocenters. The van der Waals surface area contributed by atoms with Crippen LogP contribution in [0.4, 0.5) is 5.69 Å². The molecule has 2 amide bonds. The molecule has 10 heteroatoms. The van der Waals surface area contributed by atoms with Crippen LogP contribution in [0.3, 0.4) is 0 Å². The number of hydrogen-bond donors (Lipinski definition) is 2. The second kappa shape index (κ2) is 10.7. The van der Waals surface area contributed by atoms with Gasteiger partial charge in [0.25, 0.3) is 5.91 Å². The van der Waals surface area contributed by atoms with Gasteiger partial charge in [0.15, 0.2) is 11.0 Å². The third kappa shape index (κ3) is 6.25. The number of rotatable bonds is 8. The first kappa shape index (κ1) is 23.2. The Morgan fingerprint density at radius 1 is 1.16 bits per heavy atom. The molecule has 1 aromatic heterocycles. The van der Waals surface area contributed by atoms with Crippen LogP contribution in [-0.4, -0.2) is 38.6 Å². The van der Waals surface area contributed by atoms with Crippen LogP contribution >= 0.6 is 35.1 Å². The Morgan fingerprint density at radius 3 is 2.61 bits per heavy atom. The average molecular weight is 476 g/mol. The number of anilines is 1. The minimum absolute atomic E-state index is 0.128. The Bertz CT molecular complexity index is 1070. The van der Waals surface area contributed by atoms with Crippen molar-refractivity contribution in [1.82, 2.24) is 20.1 Å². The summed E-state index contributed by atoms with van der Waals surface area (Å²) >= 11 is 8.77. The van der Waals surface area contributed by atoms with Crippen molar-refractivity contribution < 1.29 is 9.59 Å². The van der Waals surface area contributed by atoms with E-state index in [0.29, 0.717) is 21.6 Å². The summed E-state index contributed by atoms with van der Waals surface area (Å²) in [6, 6.07) is 14.0. The fraction of sp³-hybridized carbons (Fsp3) is 0.238. The van der Waals surface area contributed by atoms with Crippen molar-refractivity contribution in [3.05, 3.63) is 64.9 Å². The molecule has 0 aliphatic rings. The lowest BCUT2D eigenvalue weighted by Gasteiger charge is -2.13. The van der Waals surface area contributed by atoms with E-state index < -0.39 is 0 Å². The smallest absolute Gasteiger partial charge is 0.251 e. The summed E-state index contributed by atoms with van der Waals surface area (Å²) in [4.78, 5) is 25.8. The molecule has 0 saturated carbocycles. The highest BCUT2D eigenvalue weighted by molar-refractivity contribution is 7.99. The molecule has 0 aliphatic carbocycles. The highest BCUT2D eigenvalue weighted by Gasteiger charge is 2.19. The van der Waals surface area contributed by atoms with Crippen molar-refractivity contribution in [1.29, 1.82) is 0 Å². The monoisotopic (exact) mass is 475 g/mol. The van der Waals surface area contributed by atoms with Gasteiger partial charge in [0.05, 0.1) is 11.8 Å². The molecule has 0 saturated heterocycles. The molecular weight excluding hydrogens is 454 g/mol. The SMILES string of the molecule is CSc1cccc(NC(=O)CSc2nnc([C@H](C)NC(=O)c3ccc(Cl)cc3)n2C)c1. The summed E-state index contributed by atoms with van der Waals surface area (Å²) in [5.74, 6) is 0.434. The number of thioether (sulfide) groups is 2. The fourth-order valence-corrected chi connectivity index (χ4v) is 4.11. The Kier molecular flexibility index (Phi) is 8.00. The predicted molar refractivity (Wildman–Crippen MR) is 126 cm³/mol. The number of hydrogen-bond acceptors (Lipinski definition) is 6. The van der Waals surface area contributed by atoms with Crippen LogP contribution in [0.5, 0.6) is 0 Å². The van der Waals surface area contributed by atoms with Crippen LogP contribution in [0.25, 0.3) is 0 Å². The van der Waals surface area contributed by atoms with Gasteiger partial charge in [-0.15, -0.1) is 22.0 Å². The number of aromatic nitrogens is 3. The maximum atomic E-state index is 12.4. The van der Waals surface area contributed by atoms with Crippen molar-refractivity contribution >= 4 is 52.6 Å². The Morgan fingerprint density at radius 2 is 1.90 bits per heavy atom. The molecule has 162 valence electrons. The van der Waals surface area contributed by atoms with Gasteiger partial charge in [-0.25, -0.2) is 0 Å². The fourth-order valence-electron chi connectivity index (χ4n) is 2.80. The zero-order valence-corrected chi connectivity index (χ0v) is 19.6. The predicted octanol–water partition coefficient (Wildman–Crippen LogP) is 4.41. The van der Waals surface area contributed by atoms with Gasteiger partial charge in [0.2, 0.25) is 5.91 Å². The summed E-state index contributed by atoms with van der Waals surface area (Å²) in [5, 5.41) is 15.3. The molecule has 2 aromatic carbocycles. The van der Waals surface area contributed by atoms with Crippen LogP contribution < -0.4 is 10.6 Å². The lowest BCUT2D eigenvalue weighted by Crippen LogP contribution is -2.28. The van der Waals surface area contributed by atoms with Crippen molar-refractivity contribution in [3.63, 3.8) is 0 Å². The molecule has 7 nitrogen and oxygen atoms in total. The zero-order valence-electron chi connectivity index (χ0n) is 17.3. The lowest BCUT2D eigenvalue weighted by atomic mass is 10.2. The number of carbonyl (C=O) groups excluding carboxylic acids is 2. The largest absolute Gasteiger partial charge is 0.342 e. The maximum absolute atomic E-state index is 12.4. The third-order valence-electron chi connectivity index (χ3n) is 4.40. The van der Waals surface area contributed by atoms with Gasteiger partial charge < -0.3 is 15.2 Å². The number of halogens is 1. The Hall–Kier alpha value is -2.49. The highest BCUT2D eigenvalue weighted by Crippen LogP contribution is 2.22. The first-order chi connectivity index (χ1) is 14.9. The van der Waals surface area contributed by atoms with Gasteiger partial charge in [0.1, 0.15) is 0 Å². The molecular formula is C21H22ClN5O2S2. The Balaban J connectivity index is 1.57. The second-order valence-electron chi connectivity index (χ2n) is 6.67. The van der Waals surface area contributed by atoms with Crippen LogP contribution in [0, 0.1) is 0 Å². The summed E-state index contributed by atoms with van der Waals surface area (Å²) in [6.45, 7) is 1.83. The summed E-state index contributed by atoms with van der Waals surface area (Å²) in [5.41, 5.74) is 1.27. The van der Waals surface area contributed by atoms with E-state index in [4.69, 9.17) is 11.6 Å². The molecule has 1 heterocycles. The van der Waals surface area contributed by atoms with Crippen molar-refractivity contribution in [2.75, 3.05) is 17.3 Å². The normalized spacial score (nSPS) is 11.7. The molecule has 0 aliphatic heterocycles. The van der Waals surface area contributed by atoms with Gasteiger partial charge in [-0.3, -0.25) is 9.59 Å². The zero-order chi connectivity index (χ0) is 22.4. The van der Waals surface area contributed by atoms with Crippen LogP contribution in [0.1, 0.15) is 29.1 Å². The van der Waals surface area contributed by atoms with E-state index in [-0.39, 0.29) is 23.6 Å². The van der Waals surface area contributed by atoms with Crippen LogP contribution in [0.15, 0.2) is 58.6 Å². The van der Waals surface area contributed by atoms with E-state index in [1.807, 2.05) is 44.5 Å². The van der Waals surface area contributed by atoms with E-state index in [2.05, 4.69) is 20.8 Å². The molecule has 0 radical (unpaired) electrons. The van der Waals surface area contributed by atoms with Crippen molar-refractivity contribution in [2.24, 2.45) is 7.05 Å². The Labute approximate surface area is 194 Å². The van der Waals surface area contributed by atoms with E-state index >= 15 is 0 Å². The minimum Gasteiger partial charge on any atom is -0.342 e. The molecule has 31 heavy (non-hydrogen) atoms. The van der Waals surface area contributed by atoms with E-state index in [0.717, 1.165) is 10.6 Å². The molecule has 0 unspecified atom stereocenters. The van der Waals surface area contributed by atoms with E-state index in [1.54, 1.807) is 40.6 Å². The van der Waals surface area contributed by atoms with Gasteiger partial charge in [-0.05, 0) is 55.6 Å². The quantitative estimate of drug-likeness (QED) is 0.469. The van der Waals surface area contributed by atoms with E-state index in [1.165, 1.54) is 11.8 Å². The first-order valence-electron chi connectivity index (χ1n) is 9.40. The molecule has 3 rings (SSSR count). The lowest BCUT2D eigenvalue weighted by molar-refractivity contribution is -0.113. The molecule has 3 aromatic rings. The topological polar surface area (TPSA) is 88.9 Å². The summed E-state index contributed by atoms with van der Waals surface area (Å²) in [6.07, 6.45) is 1.99. The van der Waals surface area contributed by atoms with Crippen molar-refractivity contribution in [3.8, 4) is 0 Å². The van der Waals surface area contributed by atoms with Crippen LogP contribution in [-0.2, 0) is 11.8 Å². The number of benzene rings is 2. The van der Waals surface area contributed by atoms with Gasteiger partial charge in [-0.2, -0.15) is 0 Å². The average Bonchev–Trinajstić information content (AvgIpc) is 3.13. The standard InChI is InChI=1S/C21H22ClN5O2S2/c1-13(23-20(29)14-7-9-15(22)10-8-14)19-25-26-21(27(19)2)31-12-18(28)24-16-5-4-6-17(11-16)30-3/h4-11,13H,12H2,1-3H3,(H,23,29)(H,24,28)/t13-/m0/s1.